The summed E-state index contributed by atoms with van der Waals surface area (Å²) in [7, 11) is -3.85. The first kappa shape index (κ1) is 20.8. The van der Waals surface area contributed by atoms with Crippen molar-refractivity contribution < 1.29 is 22.4 Å². The minimum absolute atomic E-state index is 0.132. The third-order valence-electron chi connectivity index (χ3n) is 3.36. The molecule has 0 aliphatic heterocycles. The van der Waals surface area contributed by atoms with Crippen LogP contribution in [0.3, 0.4) is 0 Å². The van der Waals surface area contributed by atoms with Gasteiger partial charge in [0.15, 0.2) is 0 Å². The lowest BCUT2D eigenvalue weighted by Gasteiger charge is -2.11. The zero-order valence-electron chi connectivity index (χ0n) is 14.5. The molecule has 0 bridgehead atoms. The third-order valence-corrected chi connectivity index (χ3v) is 5.23. The van der Waals surface area contributed by atoms with Gasteiger partial charge in [0.1, 0.15) is 5.82 Å². The molecular formula is C17H17ClFN3O4S. The number of nitrogens with one attached hydrogen (secondary N) is 3. The van der Waals surface area contributed by atoms with E-state index in [1.54, 1.807) is 6.92 Å². The molecular weight excluding hydrogens is 397 g/mol. The van der Waals surface area contributed by atoms with Crippen LogP contribution < -0.4 is 15.4 Å². The fourth-order valence-electron chi connectivity index (χ4n) is 2.21. The van der Waals surface area contributed by atoms with Crippen LogP contribution in [-0.2, 0) is 14.8 Å². The second-order valence-electron chi connectivity index (χ2n) is 5.47. The maximum Gasteiger partial charge on any atom is 0.258 e. The molecule has 27 heavy (non-hydrogen) atoms. The van der Waals surface area contributed by atoms with Gasteiger partial charge in [-0.3, -0.25) is 9.59 Å². The van der Waals surface area contributed by atoms with E-state index in [2.05, 4.69) is 15.4 Å². The lowest BCUT2D eigenvalue weighted by Crippen LogP contribution is -2.24. The van der Waals surface area contributed by atoms with Crippen LogP contribution in [0.2, 0.25) is 5.02 Å². The second kappa shape index (κ2) is 8.47. The maximum atomic E-state index is 14.1. The van der Waals surface area contributed by atoms with E-state index in [1.807, 2.05) is 0 Å². The lowest BCUT2D eigenvalue weighted by molar-refractivity contribution is -0.114. The number of carbonyl (C=O) groups excluding carboxylic acids is 2. The highest BCUT2D eigenvalue weighted by atomic mass is 35.5. The minimum atomic E-state index is -3.85. The van der Waals surface area contributed by atoms with Gasteiger partial charge >= 0.3 is 0 Å². The fraction of sp³-hybridized carbons (Fsp3) is 0.176. The highest BCUT2D eigenvalue weighted by Gasteiger charge is 2.19. The first-order valence-electron chi connectivity index (χ1n) is 7.81. The molecule has 0 aliphatic rings. The van der Waals surface area contributed by atoms with E-state index >= 15 is 0 Å². The number of benzene rings is 2. The van der Waals surface area contributed by atoms with Crippen molar-refractivity contribution in [3.05, 3.63) is 52.8 Å². The zero-order chi connectivity index (χ0) is 20.2. The highest BCUT2D eigenvalue weighted by Crippen LogP contribution is 2.26. The van der Waals surface area contributed by atoms with Crippen molar-refractivity contribution in [2.75, 3.05) is 17.2 Å². The largest absolute Gasteiger partial charge is 0.326 e. The van der Waals surface area contributed by atoms with E-state index in [0.29, 0.717) is 5.69 Å². The Morgan fingerprint density at radius 2 is 1.81 bits per heavy atom. The average molecular weight is 414 g/mol. The summed E-state index contributed by atoms with van der Waals surface area (Å²) < 4.78 is 40.5. The van der Waals surface area contributed by atoms with Crippen molar-refractivity contribution in [1.82, 2.24) is 4.72 Å². The molecule has 0 fully saturated rings. The Labute approximate surface area is 161 Å². The molecule has 10 heteroatoms. The lowest BCUT2D eigenvalue weighted by atomic mass is 10.2. The molecule has 2 rings (SSSR count). The Hall–Kier alpha value is -2.49. The van der Waals surface area contributed by atoms with Crippen LogP contribution in [0.25, 0.3) is 0 Å². The van der Waals surface area contributed by atoms with Crippen LogP contribution in [0.4, 0.5) is 15.8 Å². The quantitative estimate of drug-likeness (QED) is 0.677. The van der Waals surface area contributed by atoms with E-state index in [1.165, 1.54) is 25.1 Å². The molecule has 2 aromatic rings. The molecule has 0 aromatic heterocycles. The second-order valence-corrected chi connectivity index (χ2v) is 7.65. The van der Waals surface area contributed by atoms with E-state index < -0.39 is 27.3 Å². The van der Waals surface area contributed by atoms with Crippen LogP contribution in [-0.4, -0.2) is 26.8 Å². The summed E-state index contributed by atoms with van der Waals surface area (Å²) in [6.45, 7) is 3.06. The van der Waals surface area contributed by atoms with Crippen molar-refractivity contribution in [2.24, 2.45) is 0 Å². The number of amides is 2. The Kier molecular flexibility index (Phi) is 6.53. The Balaban J connectivity index is 2.35. The molecule has 7 nitrogen and oxygen atoms in total. The van der Waals surface area contributed by atoms with Gasteiger partial charge in [-0.05, 0) is 36.4 Å². The van der Waals surface area contributed by atoms with E-state index in [-0.39, 0.29) is 28.1 Å². The van der Waals surface area contributed by atoms with Crippen molar-refractivity contribution in [3.63, 3.8) is 0 Å². The van der Waals surface area contributed by atoms with Crippen molar-refractivity contribution in [3.8, 4) is 0 Å². The van der Waals surface area contributed by atoms with Crippen molar-refractivity contribution >= 4 is 44.8 Å². The first-order chi connectivity index (χ1) is 12.6. The number of carbonyl (C=O) groups is 2. The molecule has 0 saturated carbocycles. The molecule has 2 amide bonds. The number of sulfonamides is 1. The van der Waals surface area contributed by atoms with Gasteiger partial charge in [-0.1, -0.05) is 18.5 Å². The molecule has 0 saturated heterocycles. The molecule has 0 spiro atoms. The number of hydrogen-bond acceptors (Lipinski definition) is 4. The molecule has 0 aliphatic carbocycles. The van der Waals surface area contributed by atoms with Gasteiger partial charge < -0.3 is 10.6 Å². The number of halogens is 2. The highest BCUT2D eigenvalue weighted by molar-refractivity contribution is 7.89. The van der Waals surface area contributed by atoms with Crippen LogP contribution in [0.15, 0.2) is 41.3 Å². The molecule has 0 radical (unpaired) electrons. The standard InChI is InChI=1S/C17H17ClFN3O4S/c1-3-20-27(25,26)12-5-7-15(19)13(9-12)17(24)22-16-8-11(21-10(2)23)4-6-14(16)18/h4-9,20H,3H2,1-2H3,(H,21,23)(H,22,24). The molecule has 0 heterocycles. The van der Waals surface area contributed by atoms with Gasteiger partial charge in [0, 0.05) is 19.2 Å². The summed E-state index contributed by atoms with van der Waals surface area (Å²) in [6.07, 6.45) is 0. The maximum absolute atomic E-state index is 14.1. The smallest absolute Gasteiger partial charge is 0.258 e. The average Bonchev–Trinajstić information content (AvgIpc) is 2.57. The molecule has 0 unspecified atom stereocenters. The number of hydrogen-bond donors (Lipinski definition) is 3. The summed E-state index contributed by atoms with van der Waals surface area (Å²) in [4.78, 5) is 23.3. The summed E-state index contributed by atoms with van der Waals surface area (Å²) in [5, 5.41) is 5.10. The molecule has 144 valence electrons. The van der Waals surface area contributed by atoms with Crippen LogP contribution >= 0.6 is 11.6 Å². The number of rotatable bonds is 6. The predicted octanol–water partition coefficient (Wildman–Crippen LogP) is 2.99. The van der Waals surface area contributed by atoms with E-state index in [4.69, 9.17) is 11.6 Å². The van der Waals surface area contributed by atoms with Gasteiger partial charge in [-0.2, -0.15) is 0 Å². The topological polar surface area (TPSA) is 104 Å². The minimum Gasteiger partial charge on any atom is -0.326 e. The van der Waals surface area contributed by atoms with Crippen molar-refractivity contribution in [2.45, 2.75) is 18.7 Å². The SMILES string of the molecule is CCNS(=O)(=O)c1ccc(F)c(C(=O)Nc2cc(NC(C)=O)ccc2Cl)c1. The van der Waals surface area contributed by atoms with Gasteiger partial charge in [-0.15, -0.1) is 0 Å². The molecule has 3 N–H and O–H groups in total. The van der Waals surface area contributed by atoms with Gasteiger partial charge in [0.05, 0.1) is 21.2 Å². The summed E-state index contributed by atoms with van der Waals surface area (Å²) in [6, 6.07) is 7.28. The summed E-state index contributed by atoms with van der Waals surface area (Å²) >= 11 is 6.02. The number of anilines is 2. The van der Waals surface area contributed by atoms with Crippen LogP contribution in [0.1, 0.15) is 24.2 Å². The Morgan fingerprint density at radius 1 is 1.11 bits per heavy atom. The van der Waals surface area contributed by atoms with Gasteiger partial charge in [0.25, 0.3) is 5.91 Å². The fourth-order valence-corrected chi connectivity index (χ4v) is 3.44. The summed E-state index contributed by atoms with van der Waals surface area (Å²) in [5.74, 6) is -2.10. The van der Waals surface area contributed by atoms with Crippen LogP contribution in [0.5, 0.6) is 0 Å². The molecule has 2 aromatic carbocycles. The zero-order valence-corrected chi connectivity index (χ0v) is 16.0. The van der Waals surface area contributed by atoms with Gasteiger partial charge in [0.2, 0.25) is 15.9 Å². The summed E-state index contributed by atoms with van der Waals surface area (Å²) in [5.41, 5.74) is 0.0494. The van der Waals surface area contributed by atoms with Crippen molar-refractivity contribution in [1.29, 1.82) is 0 Å². The molecule has 0 atom stereocenters. The Bertz CT molecular complexity index is 996. The van der Waals surface area contributed by atoms with Crippen LogP contribution in [0, 0.1) is 5.82 Å². The first-order valence-corrected chi connectivity index (χ1v) is 9.68. The van der Waals surface area contributed by atoms with Gasteiger partial charge in [-0.25, -0.2) is 17.5 Å². The van der Waals surface area contributed by atoms with E-state index in [9.17, 15) is 22.4 Å². The third kappa shape index (κ3) is 5.25. The predicted molar refractivity (Wildman–Crippen MR) is 101 cm³/mol. The monoisotopic (exact) mass is 413 g/mol. The van der Waals surface area contributed by atoms with E-state index in [0.717, 1.165) is 18.2 Å². The normalized spacial score (nSPS) is 11.1. The Morgan fingerprint density at radius 3 is 2.44 bits per heavy atom.